The van der Waals surface area contributed by atoms with Gasteiger partial charge < -0.3 is 10.2 Å². The lowest BCUT2D eigenvalue weighted by Gasteiger charge is -2.13. The second-order valence-electron chi connectivity index (χ2n) is 4.83. The van der Waals surface area contributed by atoms with Gasteiger partial charge in [-0.1, -0.05) is 18.7 Å². The van der Waals surface area contributed by atoms with Crippen LogP contribution >= 0.6 is 11.8 Å². The van der Waals surface area contributed by atoms with Crippen molar-refractivity contribution in [1.82, 2.24) is 30.4 Å². The van der Waals surface area contributed by atoms with Crippen LogP contribution in [0.1, 0.15) is 26.2 Å². The molecule has 108 valence electrons. The van der Waals surface area contributed by atoms with Crippen molar-refractivity contribution in [3.8, 4) is 0 Å². The van der Waals surface area contributed by atoms with Crippen molar-refractivity contribution >= 4 is 11.8 Å². The van der Waals surface area contributed by atoms with E-state index in [2.05, 4.69) is 32.7 Å². The van der Waals surface area contributed by atoms with Crippen molar-refractivity contribution in [2.24, 2.45) is 0 Å². The van der Waals surface area contributed by atoms with Gasteiger partial charge in [-0.2, -0.15) is 0 Å². The highest BCUT2D eigenvalue weighted by Gasteiger charge is 2.12. The quantitative estimate of drug-likeness (QED) is 0.536. The highest BCUT2D eigenvalue weighted by molar-refractivity contribution is 7.99. The minimum Gasteiger partial charge on any atom is -0.315 e. The zero-order valence-electron chi connectivity index (χ0n) is 11.7. The van der Waals surface area contributed by atoms with Gasteiger partial charge in [0.15, 0.2) is 0 Å². The van der Waals surface area contributed by atoms with Crippen LogP contribution < -0.4 is 5.32 Å². The third kappa shape index (κ3) is 5.08. The van der Waals surface area contributed by atoms with E-state index < -0.39 is 0 Å². The Morgan fingerprint density at radius 1 is 1.21 bits per heavy atom. The summed E-state index contributed by atoms with van der Waals surface area (Å²) >= 11 is 1.76. The summed E-state index contributed by atoms with van der Waals surface area (Å²) in [6, 6.07) is 0. The van der Waals surface area contributed by atoms with Gasteiger partial charge in [-0.05, 0) is 49.3 Å². The Labute approximate surface area is 119 Å². The maximum atomic E-state index is 4.10. The fourth-order valence-electron chi connectivity index (χ4n) is 2.20. The van der Waals surface area contributed by atoms with Crippen LogP contribution in [-0.4, -0.2) is 63.6 Å². The number of nitrogens with zero attached hydrogens (tertiary/aromatic N) is 5. The maximum Gasteiger partial charge on any atom is 0.209 e. The first kappa shape index (κ1) is 14.7. The molecular weight excluding hydrogens is 260 g/mol. The summed E-state index contributed by atoms with van der Waals surface area (Å²) < 4.78 is 1.90. The zero-order chi connectivity index (χ0) is 13.3. The summed E-state index contributed by atoms with van der Waals surface area (Å²) in [5.74, 6) is 1.07. The maximum absolute atomic E-state index is 4.10. The normalized spacial score (nSPS) is 16.3. The van der Waals surface area contributed by atoms with Crippen LogP contribution in [0, 0.1) is 0 Å². The molecule has 1 aromatic heterocycles. The molecule has 1 fully saturated rings. The Balaban J connectivity index is 1.66. The number of nitrogens with one attached hydrogen (secondary N) is 1. The summed E-state index contributed by atoms with van der Waals surface area (Å²) in [6.45, 7) is 8.66. The van der Waals surface area contributed by atoms with Crippen molar-refractivity contribution < 1.29 is 0 Å². The Morgan fingerprint density at radius 3 is 2.84 bits per heavy atom. The lowest BCUT2D eigenvalue weighted by Crippen LogP contribution is -2.23. The van der Waals surface area contributed by atoms with Gasteiger partial charge in [-0.25, -0.2) is 4.68 Å². The Bertz CT molecular complexity index is 350. The third-order valence-corrected chi connectivity index (χ3v) is 4.20. The van der Waals surface area contributed by atoms with Crippen LogP contribution in [0.3, 0.4) is 0 Å². The van der Waals surface area contributed by atoms with E-state index >= 15 is 0 Å². The van der Waals surface area contributed by atoms with Crippen molar-refractivity contribution in [2.75, 3.05) is 38.5 Å². The molecule has 0 bridgehead atoms. The first-order valence-corrected chi connectivity index (χ1v) is 8.20. The van der Waals surface area contributed by atoms with Crippen molar-refractivity contribution in [2.45, 2.75) is 37.9 Å². The van der Waals surface area contributed by atoms with E-state index in [1.807, 2.05) is 4.68 Å². The molecule has 0 amide bonds. The summed E-state index contributed by atoms with van der Waals surface area (Å²) in [5, 5.41) is 16.2. The standard InChI is InChI=1S/C12H24N6S/c1-2-5-13-6-9-18-12(14-15-16-18)19-11-10-17-7-3-4-8-17/h13H,2-11H2,1H3. The number of aromatic nitrogens is 4. The first-order chi connectivity index (χ1) is 9.40. The highest BCUT2D eigenvalue weighted by Crippen LogP contribution is 2.15. The molecule has 1 aliphatic heterocycles. The molecule has 1 aliphatic rings. The molecule has 2 rings (SSSR count). The molecule has 0 aromatic carbocycles. The molecule has 1 saturated heterocycles. The zero-order valence-corrected chi connectivity index (χ0v) is 12.5. The van der Waals surface area contributed by atoms with Crippen molar-refractivity contribution in [1.29, 1.82) is 0 Å². The molecule has 6 nitrogen and oxygen atoms in total. The molecule has 0 atom stereocenters. The van der Waals surface area contributed by atoms with Gasteiger partial charge in [0.2, 0.25) is 5.16 Å². The second-order valence-corrected chi connectivity index (χ2v) is 5.89. The molecule has 0 spiro atoms. The Morgan fingerprint density at radius 2 is 2.05 bits per heavy atom. The number of tetrazole rings is 1. The predicted octanol–water partition coefficient (Wildman–Crippen LogP) is 0.861. The number of hydrogen-bond acceptors (Lipinski definition) is 6. The van der Waals surface area contributed by atoms with Crippen LogP contribution in [0.2, 0.25) is 0 Å². The van der Waals surface area contributed by atoms with E-state index in [1.165, 1.54) is 25.9 Å². The molecular formula is C12H24N6S. The van der Waals surface area contributed by atoms with E-state index in [9.17, 15) is 0 Å². The van der Waals surface area contributed by atoms with Crippen LogP contribution in [0.25, 0.3) is 0 Å². The van der Waals surface area contributed by atoms with Gasteiger partial charge in [0, 0.05) is 18.8 Å². The molecule has 7 heteroatoms. The number of thioether (sulfide) groups is 1. The number of likely N-dealkylation sites (tertiary alicyclic amines) is 1. The van der Waals surface area contributed by atoms with Gasteiger partial charge in [0.05, 0.1) is 6.54 Å². The monoisotopic (exact) mass is 284 g/mol. The van der Waals surface area contributed by atoms with Gasteiger partial charge in [-0.3, -0.25) is 0 Å². The summed E-state index contributed by atoms with van der Waals surface area (Å²) in [4.78, 5) is 2.52. The summed E-state index contributed by atoms with van der Waals surface area (Å²) in [7, 11) is 0. The minimum absolute atomic E-state index is 0.846. The topological polar surface area (TPSA) is 58.9 Å². The third-order valence-electron chi connectivity index (χ3n) is 3.26. The SMILES string of the molecule is CCCNCCn1nnnc1SCCN1CCCC1. The minimum atomic E-state index is 0.846. The summed E-state index contributed by atoms with van der Waals surface area (Å²) in [5.41, 5.74) is 0. The first-order valence-electron chi connectivity index (χ1n) is 7.22. The molecule has 19 heavy (non-hydrogen) atoms. The van der Waals surface area contributed by atoms with Gasteiger partial charge in [-0.15, -0.1) is 5.10 Å². The molecule has 0 radical (unpaired) electrons. The van der Waals surface area contributed by atoms with E-state index in [1.54, 1.807) is 11.8 Å². The van der Waals surface area contributed by atoms with Crippen LogP contribution in [0.15, 0.2) is 5.16 Å². The molecule has 0 aliphatic carbocycles. The van der Waals surface area contributed by atoms with E-state index in [-0.39, 0.29) is 0 Å². The van der Waals surface area contributed by atoms with E-state index in [0.717, 1.165) is 43.5 Å². The van der Waals surface area contributed by atoms with E-state index in [4.69, 9.17) is 0 Å². The molecule has 0 saturated carbocycles. The van der Waals surface area contributed by atoms with Gasteiger partial charge in [0.1, 0.15) is 0 Å². The predicted molar refractivity (Wildman–Crippen MR) is 77.4 cm³/mol. The van der Waals surface area contributed by atoms with Gasteiger partial charge in [0.25, 0.3) is 0 Å². The largest absolute Gasteiger partial charge is 0.315 e. The van der Waals surface area contributed by atoms with Crippen LogP contribution in [0.5, 0.6) is 0 Å². The number of rotatable bonds is 9. The van der Waals surface area contributed by atoms with Crippen molar-refractivity contribution in [3.63, 3.8) is 0 Å². The molecule has 2 heterocycles. The molecule has 1 aromatic rings. The fraction of sp³-hybridized carbons (Fsp3) is 0.917. The Hall–Kier alpha value is -0.660. The average Bonchev–Trinajstić information content (AvgIpc) is 3.07. The molecule has 1 N–H and O–H groups in total. The lowest BCUT2D eigenvalue weighted by atomic mass is 10.4. The van der Waals surface area contributed by atoms with Crippen LogP contribution in [-0.2, 0) is 6.54 Å². The average molecular weight is 284 g/mol. The van der Waals surface area contributed by atoms with Crippen molar-refractivity contribution in [3.05, 3.63) is 0 Å². The summed E-state index contributed by atoms with van der Waals surface area (Å²) in [6.07, 6.45) is 3.87. The van der Waals surface area contributed by atoms with Gasteiger partial charge >= 0.3 is 0 Å². The number of hydrogen-bond donors (Lipinski definition) is 1. The highest BCUT2D eigenvalue weighted by atomic mass is 32.2. The smallest absolute Gasteiger partial charge is 0.209 e. The second kappa shape index (κ2) is 8.50. The molecule has 0 unspecified atom stereocenters. The fourth-order valence-corrected chi connectivity index (χ4v) is 3.10. The lowest BCUT2D eigenvalue weighted by molar-refractivity contribution is 0.361. The Kier molecular flexibility index (Phi) is 6.59. The van der Waals surface area contributed by atoms with Crippen LogP contribution in [0.4, 0.5) is 0 Å². The van der Waals surface area contributed by atoms with E-state index in [0.29, 0.717) is 0 Å².